The molecule has 0 saturated carbocycles. The summed E-state index contributed by atoms with van der Waals surface area (Å²) in [5.41, 5.74) is 0. The van der Waals surface area contributed by atoms with Crippen molar-refractivity contribution in [1.29, 1.82) is 0 Å². The number of aliphatic hydroxyl groups excluding tert-OH is 1. The number of nitrogens with one attached hydrogen (secondary N) is 1. The molecule has 1 unspecified atom stereocenters. The zero-order valence-corrected chi connectivity index (χ0v) is 12.6. The molecule has 1 amide bonds. The van der Waals surface area contributed by atoms with E-state index in [9.17, 15) is 4.79 Å². The molecule has 2 aromatic heterocycles. The van der Waals surface area contributed by atoms with Crippen molar-refractivity contribution in [2.24, 2.45) is 0 Å². The standard InChI is InChI=1S/C15H17N3O2S/c1-12(18-9-4-8-17-18)15(20)16-11-14-7-6-13(21-14)5-2-3-10-19/h4,6-9,12,19H,3,10-11H2,1H3,(H,16,20). The lowest BCUT2D eigenvalue weighted by Gasteiger charge is -2.11. The summed E-state index contributed by atoms with van der Waals surface area (Å²) in [6.45, 7) is 2.37. The number of aromatic nitrogens is 2. The quantitative estimate of drug-likeness (QED) is 0.824. The van der Waals surface area contributed by atoms with E-state index in [0.717, 1.165) is 9.75 Å². The van der Waals surface area contributed by atoms with Gasteiger partial charge in [-0.3, -0.25) is 9.48 Å². The van der Waals surface area contributed by atoms with Crippen LogP contribution in [-0.4, -0.2) is 27.4 Å². The van der Waals surface area contributed by atoms with Gasteiger partial charge in [0.1, 0.15) is 6.04 Å². The van der Waals surface area contributed by atoms with E-state index in [1.807, 2.05) is 19.1 Å². The topological polar surface area (TPSA) is 67.2 Å². The maximum absolute atomic E-state index is 12.0. The van der Waals surface area contributed by atoms with E-state index in [4.69, 9.17) is 5.11 Å². The molecule has 0 aliphatic rings. The first kappa shape index (κ1) is 15.3. The Kier molecular flexibility index (Phi) is 5.55. The monoisotopic (exact) mass is 303 g/mol. The van der Waals surface area contributed by atoms with Gasteiger partial charge in [0.25, 0.3) is 0 Å². The van der Waals surface area contributed by atoms with E-state index in [1.54, 1.807) is 34.5 Å². The lowest BCUT2D eigenvalue weighted by Crippen LogP contribution is -2.30. The van der Waals surface area contributed by atoms with Crippen LogP contribution in [0.1, 0.15) is 29.1 Å². The Hall–Kier alpha value is -2.10. The van der Waals surface area contributed by atoms with Gasteiger partial charge in [-0.15, -0.1) is 11.3 Å². The van der Waals surface area contributed by atoms with Gasteiger partial charge in [-0.25, -0.2) is 0 Å². The molecule has 2 rings (SSSR count). The number of carbonyl (C=O) groups is 1. The molecule has 0 aromatic carbocycles. The average Bonchev–Trinajstić information content (AvgIpc) is 3.16. The highest BCUT2D eigenvalue weighted by molar-refractivity contribution is 7.12. The Morgan fingerprint density at radius 2 is 2.43 bits per heavy atom. The van der Waals surface area contributed by atoms with Gasteiger partial charge in [0.05, 0.1) is 18.0 Å². The first-order chi connectivity index (χ1) is 10.2. The molecule has 21 heavy (non-hydrogen) atoms. The second kappa shape index (κ2) is 7.62. The van der Waals surface area contributed by atoms with Gasteiger partial charge in [0.2, 0.25) is 5.91 Å². The van der Waals surface area contributed by atoms with Gasteiger partial charge in [-0.2, -0.15) is 5.10 Å². The van der Waals surface area contributed by atoms with Crippen LogP contribution in [-0.2, 0) is 11.3 Å². The normalized spacial score (nSPS) is 11.5. The smallest absolute Gasteiger partial charge is 0.244 e. The largest absolute Gasteiger partial charge is 0.395 e. The molecule has 0 spiro atoms. The highest BCUT2D eigenvalue weighted by Crippen LogP contribution is 2.15. The first-order valence-electron chi connectivity index (χ1n) is 6.66. The molecule has 2 aromatic rings. The van der Waals surface area contributed by atoms with Gasteiger partial charge < -0.3 is 10.4 Å². The summed E-state index contributed by atoms with van der Waals surface area (Å²) >= 11 is 1.54. The molecule has 0 aliphatic heterocycles. The van der Waals surface area contributed by atoms with E-state index in [1.165, 1.54) is 0 Å². The summed E-state index contributed by atoms with van der Waals surface area (Å²) in [4.78, 5) is 14.0. The molecule has 0 bridgehead atoms. The maximum atomic E-state index is 12.0. The van der Waals surface area contributed by atoms with Crippen LogP contribution in [0, 0.1) is 11.8 Å². The summed E-state index contributed by atoms with van der Waals surface area (Å²) in [7, 11) is 0. The van der Waals surface area contributed by atoms with Crippen LogP contribution in [0.4, 0.5) is 0 Å². The van der Waals surface area contributed by atoms with E-state index in [-0.39, 0.29) is 18.6 Å². The van der Waals surface area contributed by atoms with E-state index < -0.39 is 0 Å². The van der Waals surface area contributed by atoms with Crippen LogP contribution in [0.15, 0.2) is 30.6 Å². The molecule has 0 saturated heterocycles. The Bertz CT molecular complexity index is 637. The Morgan fingerprint density at radius 1 is 1.57 bits per heavy atom. The molecular weight excluding hydrogens is 286 g/mol. The second-order valence-corrected chi connectivity index (χ2v) is 5.59. The highest BCUT2D eigenvalue weighted by atomic mass is 32.1. The van der Waals surface area contributed by atoms with Crippen molar-refractivity contribution >= 4 is 17.2 Å². The van der Waals surface area contributed by atoms with Gasteiger partial charge in [0, 0.05) is 23.7 Å². The highest BCUT2D eigenvalue weighted by Gasteiger charge is 2.14. The predicted octanol–water partition coefficient (Wildman–Crippen LogP) is 1.56. The Labute approximate surface area is 127 Å². The Morgan fingerprint density at radius 3 is 3.14 bits per heavy atom. The second-order valence-electron chi connectivity index (χ2n) is 4.42. The van der Waals surface area contributed by atoms with Crippen LogP contribution in [0.2, 0.25) is 0 Å². The molecule has 0 radical (unpaired) electrons. The summed E-state index contributed by atoms with van der Waals surface area (Å²) < 4.78 is 1.62. The summed E-state index contributed by atoms with van der Waals surface area (Å²) in [6, 6.07) is 5.34. The zero-order valence-electron chi connectivity index (χ0n) is 11.7. The van der Waals surface area contributed by atoms with Crippen LogP contribution in [0.5, 0.6) is 0 Å². The molecule has 5 nitrogen and oxygen atoms in total. The third-order valence-electron chi connectivity index (χ3n) is 2.85. The third kappa shape index (κ3) is 4.45. The summed E-state index contributed by atoms with van der Waals surface area (Å²) in [5, 5.41) is 15.6. The van der Waals surface area contributed by atoms with Crippen LogP contribution < -0.4 is 5.32 Å². The van der Waals surface area contributed by atoms with Crippen LogP contribution >= 0.6 is 11.3 Å². The van der Waals surface area contributed by atoms with Crippen molar-refractivity contribution in [1.82, 2.24) is 15.1 Å². The molecule has 6 heteroatoms. The fourth-order valence-electron chi connectivity index (χ4n) is 1.70. The molecule has 2 N–H and O–H groups in total. The van der Waals surface area contributed by atoms with Crippen molar-refractivity contribution < 1.29 is 9.90 Å². The van der Waals surface area contributed by atoms with Crippen molar-refractivity contribution in [3.63, 3.8) is 0 Å². The fraction of sp³-hybridized carbons (Fsp3) is 0.333. The molecule has 1 atom stereocenters. The summed E-state index contributed by atoms with van der Waals surface area (Å²) in [6.07, 6.45) is 3.90. The zero-order chi connectivity index (χ0) is 15.1. The number of hydrogen-bond acceptors (Lipinski definition) is 4. The fourth-order valence-corrected chi connectivity index (χ4v) is 2.52. The SMILES string of the molecule is CC(C(=O)NCc1ccc(C#CCCO)s1)n1cccn1. The molecule has 110 valence electrons. The van der Waals surface area contributed by atoms with Crippen molar-refractivity contribution in [2.75, 3.05) is 6.61 Å². The van der Waals surface area contributed by atoms with E-state index in [2.05, 4.69) is 22.3 Å². The first-order valence-corrected chi connectivity index (χ1v) is 7.47. The number of hydrogen-bond donors (Lipinski definition) is 2. The number of amides is 1. The van der Waals surface area contributed by atoms with E-state index in [0.29, 0.717) is 13.0 Å². The van der Waals surface area contributed by atoms with Crippen molar-refractivity contribution in [2.45, 2.75) is 25.9 Å². The number of aliphatic hydroxyl groups is 1. The summed E-state index contributed by atoms with van der Waals surface area (Å²) in [5.74, 6) is 5.79. The van der Waals surface area contributed by atoms with E-state index >= 15 is 0 Å². The van der Waals surface area contributed by atoms with Gasteiger partial charge in [-0.1, -0.05) is 11.8 Å². The van der Waals surface area contributed by atoms with Crippen LogP contribution in [0.25, 0.3) is 0 Å². The van der Waals surface area contributed by atoms with Crippen LogP contribution in [0.3, 0.4) is 0 Å². The van der Waals surface area contributed by atoms with Crippen molar-refractivity contribution in [3.05, 3.63) is 40.3 Å². The minimum absolute atomic E-state index is 0.0694. The average molecular weight is 303 g/mol. The van der Waals surface area contributed by atoms with Gasteiger partial charge in [-0.05, 0) is 25.1 Å². The number of nitrogens with zero attached hydrogens (tertiary/aromatic N) is 2. The lowest BCUT2D eigenvalue weighted by atomic mass is 10.3. The lowest BCUT2D eigenvalue weighted by molar-refractivity contribution is -0.124. The van der Waals surface area contributed by atoms with Crippen molar-refractivity contribution in [3.8, 4) is 11.8 Å². The third-order valence-corrected chi connectivity index (χ3v) is 3.85. The van der Waals surface area contributed by atoms with Gasteiger partial charge in [0.15, 0.2) is 0 Å². The Balaban J connectivity index is 1.86. The number of rotatable bonds is 5. The molecule has 0 fully saturated rings. The number of thiophene rings is 1. The number of carbonyl (C=O) groups excluding carboxylic acids is 1. The maximum Gasteiger partial charge on any atom is 0.244 e. The van der Waals surface area contributed by atoms with Gasteiger partial charge >= 0.3 is 0 Å². The molecule has 0 aliphatic carbocycles. The minimum Gasteiger partial charge on any atom is -0.395 e. The molecular formula is C15H17N3O2S. The molecule has 2 heterocycles. The predicted molar refractivity (Wildman–Crippen MR) is 81.7 cm³/mol. The minimum atomic E-state index is -0.330.